The fourth-order valence-corrected chi connectivity index (χ4v) is 5.81. The fraction of sp³-hybridized carbons (Fsp3) is 0. The van der Waals surface area contributed by atoms with E-state index in [1.54, 1.807) is 37.2 Å². The van der Waals surface area contributed by atoms with Crippen LogP contribution in [0.15, 0.2) is 128 Å². The van der Waals surface area contributed by atoms with E-state index in [4.69, 9.17) is 0 Å². The Morgan fingerprint density at radius 2 is 0.875 bits per heavy atom. The number of hydrogen-bond donors (Lipinski definition) is 0. The highest BCUT2D eigenvalue weighted by Crippen LogP contribution is 2.43. The van der Waals surface area contributed by atoms with E-state index in [1.807, 2.05) is 12.4 Å². The van der Waals surface area contributed by atoms with Crippen molar-refractivity contribution in [1.82, 2.24) is 24.9 Å². The van der Waals surface area contributed by atoms with Gasteiger partial charge in [-0.2, -0.15) is 0 Å². The van der Waals surface area contributed by atoms with Crippen molar-refractivity contribution in [2.75, 3.05) is 0 Å². The maximum absolute atomic E-state index is 4.58. The first kappa shape index (κ1) is 22.4. The molecule has 5 heteroatoms. The molecule has 186 valence electrons. The normalized spacial score (nSPS) is 11.5. The molecule has 0 N–H and O–H groups in total. The highest BCUT2D eigenvalue weighted by molar-refractivity contribution is 6.27. The highest BCUT2D eigenvalue weighted by Gasteiger charge is 2.16. The minimum absolute atomic E-state index is 0.814. The van der Waals surface area contributed by atoms with Crippen molar-refractivity contribution in [2.24, 2.45) is 0 Å². The molecule has 0 aliphatic heterocycles. The van der Waals surface area contributed by atoms with Crippen LogP contribution in [0.3, 0.4) is 0 Å². The standard InChI is InChI=1S/C35H21N5/c1-5-28(22-9-11-36-12-10-22)30-7-3-24-2-6-29(31-8-4-23(1)34(30)35(24)31)25-17-26(32-20-37-13-15-39-32)19-27(18-25)33-21-38-14-16-40-33/h1-21H. The minimum Gasteiger partial charge on any atom is -0.265 e. The van der Waals surface area contributed by atoms with Gasteiger partial charge in [-0.3, -0.25) is 24.9 Å². The first-order chi connectivity index (χ1) is 19.8. The molecule has 0 saturated carbocycles. The number of aromatic nitrogens is 5. The second-order valence-electron chi connectivity index (χ2n) is 9.86. The third kappa shape index (κ3) is 3.60. The Balaban J connectivity index is 1.41. The minimum atomic E-state index is 0.814. The smallest absolute Gasteiger partial charge is 0.0885 e. The summed E-state index contributed by atoms with van der Waals surface area (Å²) < 4.78 is 0. The average molecular weight is 512 g/mol. The Bertz CT molecular complexity index is 2090. The molecule has 0 aliphatic rings. The third-order valence-corrected chi connectivity index (χ3v) is 7.62. The number of nitrogens with zero attached hydrogens (tertiary/aromatic N) is 5. The second-order valence-corrected chi connectivity index (χ2v) is 9.86. The van der Waals surface area contributed by atoms with E-state index in [-0.39, 0.29) is 0 Å². The van der Waals surface area contributed by atoms with Crippen molar-refractivity contribution in [3.8, 4) is 44.8 Å². The van der Waals surface area contributed by atoms with E-state index >= 15 is 0 Å². The van der Waals surface area contributed by atoms with Crippen LogP contribution in [0.4, 0.5) is 0 Å². The monoisotopic (exact) mass is 511 g/mol. The largest absolute Gasteiger partial charge is 0.265 e. The molecule has 0 spiro atoms. The molecule has 0 bridgehead atoms. The number of rotatable bonds is 4. The van der Waals surface area contributed by atoms with Gasteiger partial charge in [0, 0.05) is 48.3 Å². The van der Waals surface area contributed by atoms with Gasteiger partial charge in [-0.25, -0.2) is 0 Å². The molecule has 0 radical (unpaired) electrons. The predicted molar refractivity (Wildman–Crippen MR) is 161 cm³/mol. The summed E-state index contributed by atoms with van der Waals surface area (Å²) in [6.45, 7) is 0. The highest BCUT2D eigenvalue weighted by atomic mass is 14.8. The summed E-state index contributed by atoms with van der Waals surface area (Å²) in [4.78, 5) is 22.0. The molecule has 5 nitrogen and oxygen atoms in total. The number of benzene rings is 5. The first-order valence-electron chi connectivity index (χ1n) is 13.1. The predicted octanol–water partition coefficient (Wildman–Crippen LogP) is 8.23. The van der Waals surface area contributed by atoms with Gasteiger partial charge in [-0.15, -0.1) is 0 Å². The van der Waals surface area contributed by atoms with E-state index in [0.717, 1.165) is 33.6 Å². The topological polar surface area (TPSA) is 64.5 Å². The molecule has 5 aromatic carbocycles. The molecule has 3 heterocycles. The summed E-state index contributed by atoms with van der Waals surface area (Å²) >= 11 is 0. The van der Waals surface area contributed by atoms with Crippen molar-refractivity contribution in [3.05, 3.63) is 128 Å². The van der Waals surface area contributed by atoms with E-state index in [9.17, 15) is 0 Å². The summed E-state index contributed by atoms with van der Waals surface area (Å²) in [7, 11) is 0. The van der Waals surface area contributed by atoms with Gasteiger partial charge in [-0.05, 0) is 84.9 Å². The molecule has 0 saturated heterocycles. The maximum atomic E-state index is 4.58. The maximum Gasteiger partial charge on any atom is 0.0885 e. The van der Waals surface area contributed by atoms with Crippen LogP contribution in [0.5, 0.6) is 0 Å². The SMILES string of the molecule is c1cc(-c2ccc3ccc4c(-c5cc(-c6cnccn6)cc(-c6cnccn6)c5)ccc5ccc2c3c54)ccn1. The molecule has 0 aliphatic carbocycles. The number of pyridine rings is 1. The van der Waals surface area contributed by atoms with Gasteiger partial charge < -0.3 is 0 Å². The Hall–Kier alpha value is -5.55. The lowest BCUT2D eigenvalue weighted by molar-refractivity contribution is 1.20. The molecule has 8 aromatic rings. The third-order valence-electron chi connectivity index (χ3n) is 7.62. The van der Waals surface area contributed by atoms with E-state index in [0.29, 0.717) is 0 Å². The molecule has 8 rings (SSSR count). The van der Waals surface area contributed by atoms with Crippen molar-refractivity contribution >= 4 is 32.3 Å². The summed E-state index contributed by atoms with van der Waals surface area (Å²) in [6, 6.07) is 28.5. The summed E-state index contributed by atoms with van der Waals surface area (Å²) in [5.74, 6) is 0. The first-order valence-corrected chi connectivity index (χ1v) is 13.1. The van der Waals surface area contributed by atoms with Crippen LogP contribution < -0.4 is 0 Å². The van der Waals surface area contributed by atoms with E-state index < -0.39 is 0 Å². The van der Waals surface area contributed by atoms with Gasteiger partial charge in [0.1, 0.15) is 0 Å². The van der Waals surface area contributed by atoms with Crippen molar-refractivity contribution in [1.29, 1.82) is 0 Å². The Labute approximate surface area is 230 Å². The molecule has 3 aromatic heterocycles. The quantitative estimate of drug-likeness (QED) is 0.223. The molecule has 0 amide bonds. The van der Waals surface area contributed by atoms with Gasteiger partial charge in [0.05, 0.1) is 23.8 Å². The molecular formula is C35H21N5. The lowest BCUT2D eigenvalue weighted by atomic mass is 9.86. The van der Waals surface area contributed by atoms with Crippen LogP contribution >= 0.6 is 0 Å². The van der Waals surface area contributed by atoms with Crippen molar-refractivity contribution in [2.45, 2.75) is 0 Å². The molecule has 0 atom stereocenters. The van der Waals surface area contributed by atoms with Crippen LogP contribution in [0, 0.1) is 0 Å². The molecule has 40 heavy (non-hydrogen) atoms. The van der Waals surface area contributed by atoms with Crippen LogP contribution in [0.2, 0.25) is 0 Å². The lowest BCUT2D eigenvalue weighted by Gasteiger charge is -2.17. The summed E-state index contributed by atoms with van der Waals surface area (Å²) in [5, 5.41) is 7.47. The van der Waals surface area contributed by atoms with Gasteiger partial charge in [-0.1, -0.05) is 48.5 Å². The van der Waals surface area contributed by atoms with E-state index in [2.05, 4.69) is 104 Å². The van der Waals surface area contributed by atoms with Gasteiger partial charge >= 0.3 is 0 Å². The van der Waals surface area contributed by atoms with E-state index in [1.165, 1.54) is 43.4 Å². The van der Waals surface area contributed by atoms with Crippen LogP contribution in [0.25, 0.3) is 77.1 Å². The van der Waals surface area contributed by atoms with Gasteiger partial charge in [0.25, 0.3) is 0 Å². The zero-order valence-electron chi connectivity index (χ0n) is 21.4. The van der Waals surface area contributed by atoms with Gasteiger partial charge in [0.15, 0.2) is 0 Å². The zero-order valence-corrected chi connectivity index (χ0v) is 21.4. The Morgan fingerprint density at radius 1 is 0.375 bits per heavy atom. The Morgan fingerprint density at radius 3 is 1.40 bits per heavy atom. The van der Waals surface area contributed by atoms with Crippen LogP contribution in [-0.4, -0.2) is 24.9 Å². The molecule has 0 fully saturated rings. The average Bonchev–Trinajstić information content (AvgIpc) is 3.04. The Kier molecular flexibility index (Phi) is 5.07. The number of hydrogen-bond acceptors (Lipinski definition) is 5. The molecule has 0 unspecified atom stereocenters. The van der Waals surface area contributed by atoms with Crippen LogP contribution in [-0.2, 0) is 0 Å². The summed E-state index contributed by atoms with van der Waals surface area (Å²) in [5.41, 5.74) is 8.23. The van der Waals surface area contributed by atoms with Crippen molar-refractivity contribution < 1.29 is 0 Å². The summed E-state index contributed by atoms with van der Waals surface area (Å²) in [6.07, 6.45) is 14.1. The fourth-order valence-electron chi connectivity index (χ4n) is 5.81. The van der Waals surface area contributed by atoms with Gasteiger partial charge in [0.2, 0.25) is 0 Å². The lowest BCUT2D eigenvalue weighted by Crippen LogP contribution is -1.92. The molecular weight excluding hydrogens is 490 g/mol. The zero-order chi connectivity index (χ0) is 26.5. The van der Waals surface area contributed by atoms with Crippen molar-refractivity contribution in [3.63, 3.8) is 0 Å². The van der Waals surface area contributed by atoms with Crippen LogP contribution in [0.1, 0.15) is 0 Å². The second kappa shape index (κ2) is 9.03.